The Hall–Kier alpha value is -4.26. The van der Waals surface area contributed by atoms with Gasteiger partial charge in [0.2, 0.25) is 0 Å². The first-order valence-corrected chi connectivity index (χ1v) is 12.5. The van der Waals surface area contributed by atoms with Crippen LogP contribution in [0.15, 0.2) is 97.1 Å². The zero-order chi connectivity index (χ0) is 24.6. The summed E-state index contributed by atoms with van der Waals surface area (Å²) in [4.78, 5) is 16.0. The first kappa shape index (κ1) is 28.7. The number of fused-ring (bicyclic) bond motifs is 11. The second-order valence-corrected chi connectivity index (χ2v) is 9.40. The van der Waals surface area contributed by atoms with Crippen LogP contribution in [0.3, 0.4) is 0 Å². The van der Waals surface area contributed by atoms with Crippen LogP contribution in [0.4, 0.5) is 0 Å². The maximum absolute atomic E-state index is 4.63. The molecule has 8 rings (SSSR count). The first-order valence-electron chi connectivity index (χ1n) is 12.5. The molecule has 5 N–H and O–H groups in total. The van der Waals surface area contributed by atoms with Gasteiger partial charge in [-0.25, -0.2) is 9.97 Å². The molecule has 1 aliphatic carbocycles. The fourth-order valence-corrected chi connectivity index (χ4v) is 5.02. The molecule has 8 bridgehead atoms. The first-order chi connectivity index (χ1) is 18.2. The van der Waals surface area contributed by atoms with E-state index in [-0.39, 0.29) is 34.2 Å². The van der Waals surface area contributed by atoms with Gasteiger partial charge in [-0.15, -0.1) is 0 Å². The van der Waals surface area contributed by atoms with E-state index in [1.807, 2.05) is 48.6 Å². The largest absolute Gasteiger partial charge is 0.355 e. The number of nitrogens with one attached hydrogen (secondary N) is 2. The van der Waals surface area contributed by atoms with Crippen LogP contribution in [-0.4, -0.2) is 30.9 Å². The van der Waals surface area contributed by atoms with Crippen molar-refractivity contribution in [2.24, 2.45) is 0 Å². The molecule has 0 amide bonds. The molecule has 3 aromatic heterocycles. The van der Waals surface area contributed by atoms with Crippen LogP contribution < -0.4 is 6.15 Å². The number of aromatic nitrogens is 4. The van der Waals surface area contributed by atoms with Gasteiger partial charge in [-0.2, -0.15) is 0 Å². The van der Waals surface area contributed by atoms with Crippen molar-refractivity contribution in [3.05, 3.63) is 131 Å². The Morgan fingerprint density at radius 1 is 0.475 bits per heavy atom. The third kappa shape index (κ3) is 5.98. The van der Waals surface area contributed by atoms with E-state index in [0.29, 0.717) is 0 Å². The van der Waals surface area contributed by atoms with E-state index in [1.54, 1.807) is 0 Å². The molecule has 3 aliphatic rings. The van der Waals surface area contributed by atoms with Crippen molar-refractivity contribution in [3.8, 4) is 11.1 Å². The third-order valence-corrected chi connectivity index (χ3v) is 6.75. The molecule has 0 atom stereocenters. The van der Waals surface area contributed by atoms with Gasteiger partial charge >= 0.3 is 0 Å². The Morgan fingerprint density at radius 3 is 1.15 bits per heavy atom. The summed E-state index contributed by atoms with van der Waals surface area (Å²) < 4.78 is 0. The average Bonchev–Trinajstić information content (AvgIpc) is 3.73. The van der Waals surface area contributed by atoms with E-state index in [1.165, 1.54) is 22.3 Å². The van der Waals surface area contributed by atoms with Gasteiger partial charge in [-0.3, -0.25) is 0 Å². The van der Waals surface area contributed by atoms with Gasteiger partial charge in [0.25, 0.3) is 0 Å². The van der Waals surface area contributed by atoms with Crippen molar-refractivity contribution in [1.82, 2.24) is 26.1 Å². The standard InChI is InChI=1S/C20H14N4.C13H10.Cu.H3N.H4Si/c1-2-14-10-16-5-6-18(23-16)12-20-8-7-19(24-20)11-17-4-3-15(22-17)9-13(1)21-14;1-3-7-12-10(5-1)9-11-6-2-4-8-13(11)12;;;/h1-12,21,24H;1-8H,9H2;;1H3;1H4. The minimum Gasteiger partial charge on any atom is -0.355 e. The van der Waals surface area contributed by atoms with E-state index >= 15 is 0 Å². The SMILES string of the molecule is C1=Cc2cc3ccc(cc4nc(cc5ccc(cc1n2)[nH]5)C=C4)[nH]3.N.[Cu].[SiH4].c1ccc2c(c1)Cc1ccccc1-2. The van der Waals surface area contributed by atoms with Crippen molar-refractivity contribution in [3.63, 3.8) is 0 Å². The summed E-state index contributed by atoms with van der Waals surface area (Å²) in [5.41, 5.74) is 13.6. The smallest absolute Gasteiger partial charge is 0.0658 e. The van der Waals surface area contributed by atoms with E-state index in [9.17, 15) is 0 Å². The maximum Gasteiger partial charge on any atom is 0.0658 e. The second-order valence-electron chi connectivity index (χ2n) is 9.40. The maximum atomic E-state index is 4.63. The monoisotopic (exact) mass is 588 g/mol. The molecule has 0 spiro atoms. The number of hydrogen-bond acceptors (Lipinski definition) is 3. The molecule has 5 aromatic rings. The molecule has 0 fully saturated rings. The quantitative estimate of drug-likeness (QED) is 0.174. The van der Waals surface area contributed by atoms with Crippen molar-refractivity contribution in [1.29, 1.82) is 0 Å². The van der Waals surface area contributed by atoms with E-state index < -0.39 is 0 Å². The summed E-state index contributed by atoms with van der Waals surface area (Å²) in [6.45, 7) is 0. The van der Waals surface area contributed by atoms with Crippen LogP contribution in [0.5, 0.6) is 0 Å². The summed E-state index contributed by atoms with van der Waals surface area (Å²) >= 11 is 0. The molecule has 203 valence electrons. The van der Waals surface area contributed by atoms with Gasteiger partial charge in [0, 0.05) is 39.1 Å². The van der Waals surface area contributed by atoms with Crippen LogP contribution in [0.25, 0.3) is 57.5 Å². The Bertz CT molecular complexity index is 1660. The molecule has 0 unspecified atom stereocenters. The molecule has 0 saturated heterocycles. The van der Waals surface area contributed by atoms with Gasteiger partial charge in [-0.05, 0) is 112 Å². The Labute approximate surface area is 248 Å². The van der Waals surface area contributed by atoms with Crippen LogP contribution in [0, 0.1) is 0 Å². The molecule has 7 heteroatoms. The van der Waals surface area contributed by atoms with Crippen molar-refractivity contribution >= 4 is 57.3 Å². The number of aromatic amines is 2. The predicted molar refractivity (Wildman–Crippen MR) is 170 cm³/mol. The fourth-order valence-electron chi connectivity index (χ4n) is 5.02. The fraction of sp³-hybridized carbons (Fsp3) is 0.0303. The van der Waals surface area contributed by atoms with Crippen LogP contribution >= 0.6 is 0 Å². The van der Waals surface area contributed by atoms with E-state index in [2.05, 4.69) is 92.7 Å². The molecule has 5 heterocycles. The summed E-state index contributed by atoms with van der Waals surface area (Å²) in [6.07, 6.45) is 9.19. The molecule has 5 nitrogen and oxygen atoms in total. The van der Waals surface area contributed by atoms with Gasteiger partial charge in [0.05, 0.1) is 22.8 Å². The molecule has 0 saturated carbocycles. The minimum absolute atomic E-state index is 0. The Balaban J connectivity index is 0.000000198. The van der Waals surface area contributed by atoms with Crippen LogP contribution in [-0.2, 0) is 23.5 Å². The summed E-state index contributed by atoms with van der Waals surface area (Å²) in [5, 5.41) is 0. The molecule has 1 radical (unpaired) electrons. The zero-order valence-corrected chi connectivity index (χ0v) is 22.1. The Kier molecular flexibility index (Phi) is 8.82. The average molecular weight is 589 g/mol. The normalized spacial score (nSPS) is 11.6. The Morgan fingerprint density at radius 2 is 0.800 bits per heavy atom. The summed E-state index contributed by atoms with van der Waals surface area (Å²) in [7, 11) is 0. The van der Waals surface area contributed by atoms with Gasteiger partial charge in [-0.1, -0.05) is 48.5 Å². The third-order valence-electron chi connectivity index (χ3n) is 6.75. The van der Waals surface area contributed by atoms with Crippen LogP contribution in [0.1, 0.15) is 33.9 Å². The van der Waals surface area contributed by atoms with E-state index in [4.69, 9.17) is 0 Å². The van der Waals surface area contributed by atoms with Crippen LogP contribution in [0.2, 0.25) is 0 Å². The number of nitrogens with zero attached hydrogens (tertiary/aromatic N) is 2. The van der Waals surface area contributed by atoms with Crippen molar-refractivity contribution < 1.29 is 17.1 Å². The van der Waals surface area contributed by atoms with Crippen molar-refractivity contribution in [2.75, 3.05) is 0 Å². The zero-order valence-electron chi connectivity index (χ0n) is 21.2. The minimum atomic E-state index is 0. The predicted octanol–water partition coefficient (Wildman–Crippen LogP) is 6.62. The molecular formula is C33H31CuN5Si. The van der Waals surface area contributed by atoms with Gasteiger partial charge < -0.3 is 16.1 Å². The summed E-state index contributed by atoms with van der Waals surface area (Å²) in [5.74, 6) is 0. The molecule has 40 heavy (non-hydrogen) atoms. The molecule has 2 aromatic carbocycles. The number of H-pyrrole nitrogens is 2. The van der Waals surface area contributed by atoms with E-state index in [0.717, 1.165) is 51.3 Å². The number of rotatable bonds is 0. The number of benzene rings is 2. The molecular weight excluding hydrogens is 558 g/mol. The van der Waals surface area contributed by atoms with Gasteiger partial charge in [0.1, 0.15) is 0 Å². The van der Waals surface area contributed by atoms with Gasteiger partial charge in [0.15, 0.2) is 0 Å². The van der Waals surface area contributed by atoms with Crippen molar-refractivity contribution in [2.45, 2.75) is 6.42 Å². The number of hydrogen-bond donors (Lipinski definition) is 3. The topological polar surface area (TPSA) is 92.4 Å². The molecule has 2 aliphatic heterocycles. The second kappa shape index (κ2) is 12.3. The summed E-state index contributed by atoms with van der Waals surface area (Å²) in [6, 6.07) is 33.7.